The van der Waals surface area contributed by atoms with Gasteiger partial charge in [0, 0.05) is 32.2 Å². The van der Waals surface area contributed by atoms with E-state index in [-0.39, 0.29) is 11.9 Å². The van der Waals surface area contributed by atoms with Crippen molar-refractivity contribution in [3.63, 3.8) is 0 Å². The number of amides is 1. The van der Waals surface area contributed by atoms with E-state index in [1.54, 1.807) is 7.11 Å². The summed E-state index contributed by atoms with van der Waals surface area (Å²) in [5.41, 5.74) is 0.726. The van der Waals surface area contributed by atoms with E-state index in [1.807, 2.05) is 38.4 Å². The van der Waals surface area contributed by atoms with Gasteiger partial charge in [-0.1, -0.05) is 12.1 Å². The second-order valence-corrected chi connectivity index (χ2v) is 6.44. The number of nitrogens with one attached hydrogen (secondary N) is 1. The van der Waals surface area contributed by atoms with E-state index in [0.29, 0.717) is 25.8 Å². The first-order chi connectivity index (χ1) is 12.0. The maximum atomic E-state index is 12.2. The van der Waals surface area contributed by atoms with Crippen LogP contribution in [0.25, 0.3) is 0 Å². The monoisotopic (exact) mass is 342 g/mol. The number of ether oxygens (including phenoxy) is 1. The number of benzene rings is 1. The molecule has 1 heterocycles. The second-order valence-electron chi connectivity index (χ2n) is 6.44. The first-order valence-electron chi connectivity index (χ1n) is 8.44. The lowest BCUT2D eigenvalue weighted by atomic mass is 10.0. The lowest BCUT2D eigenvalue weighted by Crippen LogP contribution is -2.35. The normalized spacial score (nSPS) is 15.5. The Bertz CT molecular complexity index is 640. The first-order valence-corrected chi connectivity index (χ1v) is 8.44. The fourth-order valence-corrected chi connectivity index (χ4v) is 2.71. The minimum atomic E-state index is -0.402. The molecule has 1 unspecified atom stereocenters. The third-order valence-electron chi connectivity index (χ3n) is 4.42. The molecule has 0 bridgehead atoms. The van der Waals surface area contributed by atoms with E-state index >= 15 is 0 Å². The molecule has 1 aromatic rings. The maximum absolute atomic E-state index is 12.2. The van der Waals surface area contributed by atoms with Crippen LogP contribution >= 0.6 is 0 Å². The maximum Gasteiger partial charge on any atom is 0.220 e. The molecule has 0 spiro atoms. The zero-order valence-electron chi connectivity index (χ0n) is 15.2. The Labute approximate surface area is 149 Å². The van der Waals surface area contributed by atoms with Crippen LogP contribution in [0.5, 0.6) is 5.75 Å². The zero-order valence-corrected chi connectivity index (χ0v) is 15.2. The molecule has 1 atom stereocenters. The van der Waals surface area contributed by atoms with Gasteiger partial charge in [0.1, 0.15) is 5.75 Å². The summed E-state index contributed by atoms with van der Waals surface area (Å²) in [6.07, 6.45) is 7.66. The lowest BCUT2D eigenvalue weighted by molar-refractivity contribution is -0.121. The molecule has 2 rings (SSSR count). The Hall–Kier alpha value is -2.39. The van der Waals surface area contributed by atoms with Crippen molar-refractivity contribution >= 4 is 5.91 Å². The van der Waals surface area contributed by atoms with Crippen molar-refractivity contribution in [2.75, 3.05) is 27.7 Å². The average molecular weight is 342 g/mol. The highest BCUT2D eigenvalue weighted by Gasteiger charge is 2.39. The van der Waals surface area contributed by atoms with Gasteiger partial charge in [-0.25, -0.2) is 0 Å². The molecule has 134 valence electrons. The van der Waals surface area contributed by atoms with Gasteiger partial charge >= 0.3 is 0 Å². The number of terminal acetylenes is 1. The Morgan fingerprint density at radius 3 is 2.52 bits per heavy atom. The summed E-state index contributed by atoms with van der Waals surface area (Å²) in [4.78, 5) is 14.3. The molecule has 6 heteroatoms. The molecule has 0 saturated carbocycles. The molecule has 0 aliphatic carbocycles. The van der Waals surface area contributed by atoms with E-state index in [1.165, 1.54) is 0 Å². The van der Waals surface area contributed by atoms with Crippen LogP contribution in [-0.2, 0) is 4.79 Å². The van der Waals surface area contributed by atoms with Crippen molar-refractivity contribution in [2.45, 2.75) is 37.4 Å². The number of hydrogen-bond donors (Lipinski definition) is 1. The van der Waals surface area contributed by atoms with E-state index in [2.05, 4.69) is 26.4 Å². The van der Waals surface area contributed by atoms with Crippen LogP contribution in [0.3, 0.4) is 0 Å². The van der Waals surface area contributed by atoms with Crippen LogP contribution in [0.1, 0.15) is 37.3 Å². The standard InChI is InChI=1S/C19H26N4O2/c1-5-6-12-19(21-22-19)13-11-18(24)20-14-17(23(2)3)15-7-9-16(25-4)10-8-15/h1,7-10,17H,6,11-14H2,2-4H3,(H,20,24). The number of methoxy groups -OCH3 is 1. The van der Waals surface area contributed by atoms with Crippen molar-refractivity contribution < 1.29 is 9.53 Å². The van der Waals surface area contributed by atoms with Crippen LogP contribution in [0, 0.1) is 12.3 Å². The summed E-state index contributed by atoms with van der Waals surface area (Å²) in [5.74, 6) is 3.43. The first kappa shape index (κ1) is 18.9. The number of carbonyl (C=O) groups is 1. The highest BCUT2D eigenvalue weighted by Crippen LogP contribution is 2.37. The number of carbonyl (C=O) groups excluding carboxylic acids is 1. The van der Waals surface area contributed by atoms with E-state index in [4.69, 9.17) is 11.2 Å². The van der Waals surface area contributed by atoms with Gasteiger partial charge in [-0.15, -0.1) is 12.3 Å². The van der Waals surface area contributed by atoms with Gasteiger partial charge in [0.25, 0.3) is 0 Å². The average Bonchev–Trinajstić information content (AvgIpc) is 3.39. The van der Waals surface area contributed by atoms with Crippen molar-refractivity contribution in [3.05, 3.63) is 29.8 Å². The molecule has 0 radical (unpaired) electrons. The summed E-state index contributed by atoms with van der Waals surface area (Å²) in [7, 11) is 5.64. The Morgan fingerprint density at radius 1 is 1.32 bits per heavy atom. The number of hydrogen-bond acceptors (Lipinski definition) is 5. The number of nitrogens with zero attached hydrogens (tertiary/aromatic N) is 3. The highest BCUT2D eigenvalue weighted by molar-refractivity contribution is 5.76. The molecule has 1 N–H and O–H groups in total. The van der Waals surface area contributed by atoms with Gasteiger partial charge < -0.3 is 15.0 Å². The number of rotatable bonds is 10. The van der Waals surface area contributed by atoms with E-state index in [0.717, 1.165) is 17.7 Å². The van der Waals surface area contributed by atoms with Gasteiger partial charge in [0.05, 0.1) is 13.2 Å². The molecule has 1 aliphatic rings. The Kier molecular flexibility index (Phi) is 6.54. The fraction of sp³-hybridized carbons (Fsp3) is 0.526. The molecular formula is C19H26N4O2. The third-order valence-corrected chi connectivity index (χ3v) is 4.42. The van der Waals surface area contributed by atoms with Crippen molar-refractivity contribution in [1.82, 2.24) is 10.2 Å². The zero-order chi connectivity index (χ0) is 18.3. The van der Waals surface area contributed by atoms with E-state index in [9.17, 15) is 4.79 Å². The van der Waals surface area contributed by atoms with Gasteiger partial charge in [-0.05, 0) is 31.8 Å². The molecule has 0 aromatic heterocycles. The third kappa shape index (κ3) is 5.57. The second kappa shape index (κ2) is 8.63. The van der Waals surface area contributed by atoms with Crippen LogP contribution in [0.2, 0.25) is 0 Å². The van der Waals surface area contributed by atoms with Crippen LogP contribution in [0.4, 0.5) is 0 Å². The molecule has 0 fully saturated rings. The van der Waals surface area contributed by atoms with Gasteiger partial charge in [-0.2, -0.15) is 10.2 Å². The highest BCUT2D eigenvalue weighted by atomic mass is 16.5. The molecule has 1 amide bonds. The quantitative estimate of drug-likeness (QED) is 0.665. The van der Waals surface area contributed by atoms with Gasteiger partial charge in [-0.3, -0.25) is 4.79 Å². The van der Waals surface area contributed by atoms with Crippen molar-refractivity contribution in [1.29, 1.82) is 0 Å². The minimum absolute atomic E-state index is 0.0118. The summed E-state index contributed by atoms with van der Waals surface area (Å²) in [5, 5.41) is 11.1. The summed E-state index contributed by atoms with van der Waals surface area (Å²) < 4.78 is 5.19. The Morgan fingerprint density at radius 2 is 2.00 bits per heavy atom. The molecule has 25 heavy (non-hydrogen) atoms. The molecular weight excluding hydrogens is 316 g/mol. The predicted molar refractivity (Wildman–Crippen MR) is 97.3 cm³/mol. The van der Waals surface area contributed by atoms with Crippen LogP contribution < -0.4 is 10.1 Å². The molecule has 6 nitrogen and oxygen atoms in total. The lowest BCUT2D eigenvalue weighted by Gasteiger charge is -2.25. The van der Waals surface area contributed by atoms with Crippen molar-refractivity contribution in [2.24, 2.45) is 10.2 Å². The molecule has 0 saturated heterocycles. The largest absolute Gasteiger partial charge is 0.497 e. The SMILES string of the molecule is C#CCCC1(CCC(=O)NCC(c2ccc(OC)cc2)N(C)C)N=N1. The summed E-state index contributed by atoms with van der Waals surface area (Å²) in [6, 6.07) is 8.00. The predicted octanol–water partition coefficient (Wildman–Crippen LogP) is 2.77. The summed E-state index contributed by atoms with van der Waals surface area (Å²) >= 11 is 0. The smallest absolute Gasteiger partial charge is 0.220 e. The van der Waals surface area contributed by atoms with Gasteiger partial charge in [0.15, 0.2) is 5.66 Å². The Balaban J connectivity index is 1.82. The van der Waals surface area contributed by atoms with Crippen LogP contribution in [-0.4, -0.2) is 44.2 Å². The van der Waals surface area contributed by atoms with E-state index < -0.39 is 5.66 Å². The fourth-order valence-electron chi connectivity index (χ4n) is 2.71. The molecule has 1 aromatic carbocycles. The molecule has 1 aliphatic heterocycles. The topological polar surface area (TPSA) is 66.3 Å². The summed E-state index contributed by atoms with van der Waals surface area (Å²) in [6.45, 7) is 0.545. The van der Waals surface area contributed by atoms with Crippen LogP contribution in [0.15, 0.2) is 34.5 Å². The van der Waals surface area contributed by atoms with Gasteiger partial charge in [0.2, 0.25) is 5.91 Å². The minimum Gasteiger partial charge on any atom is -0.497 e. The van der Waals surface area contributed by atoms with Crippen molar-refractivity contribution in [3.8, 4) is 18.1 Å². The number of likely N-dealkylation sites (N-methyl/N-ethyl adjacent to an activating group) is 1.